The van der Waals surface area contributed by atoms with Crippen molar-refractivity contribution in [2.24, 2.45) is 4.99 Å². The van der Waals surface area contributed by atoms with E-state index in [1.165, 1.54) is 11.1 Å². The fourth-order valence-electron chi connectivity index (χ4n) is 3.73. The maximum atomic E-state index is 12.6. The third-order valence-corrected chi connectivity index (χ3v) is 5.61. The van der Waals surface area contributed by atoms with Crippen molar-refractivity contribution >= 4 is 28.2 Å². The number of cyclic esters (lactones) is 1. The van der Waals surface area contributed by atoms with Crippen LogP contribution in [0.25, 0.3) is 16.3 Å². The molecule has 0 saturated carbocycles. The predicted octanol–water partition coefficient (Wildman–Crippen LogP) is 5.13. The first-order valence-corrected chi connectivity index (χ1v) is 10.2. The molecule has 0 fully saturated rings. The molecule has 152 valence electrons. The van der Waals surface area contributed by atoms with Crippen LogP contribution < -0.4 is 0 Å². The molecule has 1 aliphatic rings. The summed E-state index contributed by atoms with van der Waals surface area (Å²) in [4.78, 5) is 17.1. The lowest BCUT2D eigenvalue weighted by Gasteiger charge is -2.05. The molecule has 0 bridgehead atoms. The standard InChI is InChI=1S/C26H21N3O2/c1-17-7-3-4-10-22(17)15-29-16-23(14-27-29)18(2)24-26(30)31-25(28-24)21-12-11-19-8-5-6-9-20(19)13-21/h3-14,16H,15H2,1-2H3/b24-18-. The van der Waals surface area contributed by atoms with E-state index >= 15 is 0 Å². The molecule has 0 N–H and O–H groups in total. The van der Waals surface area contributed by atoms with Crippen molar-refractivity contribution in [2.45, 2.75) is 20.4 Å². The van der Waals surface area contributed by atoms with E-state index in [-0.39, 0.29) is 0 Å². The first kappa shape index (κ1) is 19.0. The number of carbonyl (C=O) groups excluding carboxylic acids is 1. The van der Waals surface area contributed by atoms with Gasteiger partial charge in [0, 0.05) is 17.3 Å². The highest BCUT2D eigenvalue weighted by Crippen LogP contribution is 2.26. The lowest BCUT2D eigenvalue weighted by atomic mass is 10.1. The Morgan fingerprint density at radius 2 is 1.77 bits per heavy atom. The van der Waals surface area contributed by atoms with E-state index in [2.05, 4.69) is 29.1 Å². The zero-order chi connectivity index (χ0) is 21.4. The van der Waals surface area contributed by atoms with Gasteiger partial charge in [0.2, 0.25) is 5.90 Å². The van der Waals surface area contributed by atoms with Crippen LogP contribution in [0, 0.1) is 6.92 Å². The van der Waals surface area contributed by atoms with Crippen LogP contribution in [0.1, 0.15) is 29.2 Å². The van der Waals surface area contributed by atoms with Gasteiger partial charge < -0.3 is 4.74 Å². The SMILES string of the molecule is C/C(=C1/N=C(c2ccc3ccccc3c2)OC1=O)c1cnn(Cc2ccccc2C)c1. The second kappa shape index (κ2) is 7.69. The third-order valence-electron chi connectivity index (χ3n) is 5.61. The Balaban J connectivity index is 1.45. The average Bonchev–Trinajstić information content (AvgIpc) is 3.41. The molecule has 5 heteroatoms. The second-order valence-electron chi connectivity index (χ2n) is 7.70. The van der Waals surface area contributed by atoms with Gasteiger partial charge in [-0.25, -0.2) is 9.79 Å². The summed E-state index contributed by atoms with van der Waals surface area (Å²) in [5.41, 5.74) is 5.13. The van der Waals surface area contributed by atoms with Gasteiger partial charge in [-0.1, -0.05) is 54.6 Å². The molecule has 3 aromatic carbocycles. The van der Waals surface area contributed by atoms with E-state index in [4.69, 9.17) is 4.74 Å². The van der Waals surface area contributed by atoms with Gasteiger partial charge in [-0.2, -0.15) is 5.10 Å². The summed E-state index contributed by atoms with van der Waals surface area (Å²) < 4.78 is 7.37. The predicted molar refractivity (Wildman–Crippen MR) is 122 cm³/mol. The van der Waals surface area contributed by atoms with E-state index in [9.17, 15) is 4.79 Å². The molecule has 0 saturated heterocycles. The molecule has 0 spiro atoms. The van der Waals surface area contributed by atoms with Gasteiger partial charge in [-0.05, 0) is 53.5 Å². The monoisotopic (exact) mass is 407 g/mol. The Kier molecular flexibility index (Phi) is 4.71. The molecule has 0 radical (unpaired) electrons. The molecule has 5 rings (SSSR count). The number of fused-ring (bicyclic) bond motifs is 1. The summed E-state index contributed by atoms with van der Waals surface area (Å²) in [5.74, 6) is -0.107. The Bertz CT molecular complexity index is 1380. The van der Waals surface area contributed by atoms with Crippen molar-refractivity contribution in [1.29, 1.82) is 0 Å². The summed E-state index contributed by atoms with van der Waals surface area (Å²) in [6, 6.07) is 22.2. The second-order valence-corrected chi connectivity index (χ2v) is 7.70. The van der Waals surface area contributed by atoms with Gasteiger partial charge in [-0.15, -0.1) is 0 Å². The first-order chi connectivity index (χ1) is 15.1. The molecular formula is C26H21N3O2. The zero-order valence-electron chi connectivity index (χ0n) is 17.4. The maximum Gasteiger partial charge on any atom is 0.364 e. The van der Waals surface area contributed by atoms with Crippen LogP contribution in [0.15, 0.2) is 89.8 Å². The fraction of sp³-hybridized carbons (Fsp3) is 0.115. The van der Waals surface area contributed by atoms with Gasteiger partial charge in [0.15, 0.2) is 5.70 Å². The Morgan fingerprint density at radius 1 is 1.00 bits per heavy atom. The molecule has 0 atom stereocenters. The van der Waals surface area contributed by atoms with Crippen LogP contribution >= 0.6 is 0 Å². The average molecular weight is 407 g/mol. The van der Waals surface area contributed by atoms with Crippen molar-refractivity contribution < 1.29 is 9.53 Å². The minimum Gasteiger partial charge on any atom is -0.402 e. The molecule has 5 nitrogen and oxygen atoms in total. The minimum atomic E-state index is -0.438. The minimum absolute atomic E-state index is 0.318. The van der Waals surface area contributed by atoms with Crippen LogP contribution in [0.3, 0.4) is 0 Å². The normalized spacial score (nSPS) is 15.2. The van der Waals surface area contributed by atoms with Crippen LogP contribution in [0.5, 0.6) is 0 Å². The molecule has 4 aromatic rings. The number of hydrogen-bond donors (Lipinski definition) is 0. The van der Waals surface area contributed by atoms with Crippen LogP contribution in [-0.2, 0) is 16.1 Å². The van der Waals surface area contributed by atoms with Crippen LogP contribution in [-0.4, -0.2) is 21.6 Å². The number of aromatic nitrogens is 2. The van der Waals surface area contributed by atoms with Crippen molar-refractivity contribution in [3.05, 3.63) is 107 Å². The van der Waals surface area contributed by atoms with E-state index in [0.29, 0.717) is 18.1 Å². The molecule has 0 amide bonds. The number of allylic oxidation sites excluding steroid dienone is 1. The van der Waals surface area contributed by atoms with Crippen molar-refractivity contribution in [3.63, 3.8) is 0 Å². The molecule has 0 aliphatic carbocycles. The van der Waals surface area contributed by atoms with E-state index in [1.807, 2.05) is 72.4 Å². The Labute approximate surface area is 180 Å². The maximum absolute atomic E-state index is 12.6. The van der Waals surface area contributed by atoms with E-state index in [1.54, 1.807) is 6.20 Å². The Morgan fingerprint density at radius 3 is 2.61 bits per heavy atom. The molecule has 1 aliphatic heterocycles. The number of aliphatic imine (C=N–C) groups is 1. The van der Waals surface area contributed by atoms with Gasteiger partial charge in [0.25, 0.3) is 0 Å². The smallest absolute Gasteiger partial charge is 0.364 e. The lowest BCUT2D eigenvalue weighted by Crippen LogP contribution is -2.05. The first-order valence-electron chi connectivity index (χ1n) is 10.2. The van der Waals surface area contributed by atoms with Crippen LogP contribution in [0.2, 0.25) is 0 Å². The summed E-state index contributed by atoms with van der Waals surface area (Å²) in [6.45, 7) is 4.63. The van der Waals surface area contributed by atoms with E-state index in [0.717, 1.165) is 27.5 Å². The quantitative estimate of drug-likeness (QED) is 0.348. The molecule has 2 heterocycles. The topological polar surface area (TPSA) is 56.5 Å². The number of benzene rings is 3. The number of nitrogens with zero attached hydrogens (tertiary/aromatic N) is 3. The summed E-state index contributed by atoms with van der Waals surface area (Å²) >= 11 is 0. The molecule has 31 heavy (non-hydrogen) atoms. The highest BCUT2D eigenvalue weighted by molar-refractivity contribution is 6.14. The summed E-state index contributed by atoms with van der Waals surface area (Å²) in [6.07, 6.45) is 3.70. The van der Waals surface area contributed by atoms with Crippen molar-refractivity contribution in [1.82, 2.24) is 9.78 Å². The number of esters is 1. The van der Waals surface area contributed by atoms with Gasteiger partial charge in [0.1, 0.15) is 0 Å². The summed E-state index contributed by atoms with van der Waals surface area (Å²) in [5, 5.41) is 6.67. The molecule has 1 aromatic heterocycles. The van der Waals surface area contributed by atoms with Gasteiger partial charge in [0.05, 0.1) is 12.7 Å². The highest BCUT2D eigenvalue weighted by Gasteiger charge is 2.27. The number of hydrogen-bond acceptors (Lipinski definition) is 4. The van der Waals surface area contributed by atoms with Crippen LogP contribution in [0.4, 0.5) is 0 Å². The third kappa shape index (κ3) is 3.66. The number of rotatable bonds is 4. The summed E-state index contributed by atoms with van der Waals surface area (Å²) in [7, 11) is 0. The fourth-order valence-corrected chi connectivity index (χ4v) is 3.73. The Hall–Kier alpha value is -3.99. The van der Waals surface area contributed by atoms with Gasteiger partial charge in [-0.3, -0.25) is 4.68 Å². The zero-order valence-corrected chi connectivity index (χ0v) is 17.4. The number of carbonyl (C=O) groups is 1. The molecular weight excluding hydrogens is 386 g/mol. The van der Waals surface area contributed by atoms with Gasteiger partial charge >= 0.3 is 5.97 Å². The van der Waals surface area contributed by atoms with Crippen molar-refractivity contribution in [3.8, 4) is 0 Å². The number of ether oxygens (including phenoxy) is 1. The number of aryl methyl sites for hydroxylation is 1. The van der Waals surface area contributed by atoms with E-state index < -0.39 is 5.97 Å². The largest absolute Gasteiger partial charge is 0.402 e. The lowest BCUT2D eigenvalue weighted by molar-refractivity contribution is -0.129. The highest BCUT2D eigenvalue weighted by atomic mass is 16.6. The molecule has 0 unspecified atom stereocenters. The van der Waals surface area contributed by atoms with Crippen molar-refractivity contribution in [2.75, 3.05) is 0 Å².